The Labute approximate surface area is 216 Å². The zero-order valence-electron chi connectivity index (χ0n) is 23.5. The number of hydrogen-bond donors (Lipinski definition) is 1. The van der Waals surface area contributed by atoms with Gasteiger partial charge in [0.05, 0.1) is 6.10 Å². The van der Waals surface area contributed by atoms with Gasteiger partial charge in [0, 0.05) is 0 Å². The molecule has 0 amide bonds. The molecule has 196 valence electrons. The van der Waals surface area contributed by atoms with E-state index in [1.54, 1.807) is 0 Å². The minimum atomic E-state index is -0.110. The Kier molecular flexibility index (Phi) is 7.49. The minimum Gasteiger partial charge on any atom is -0.393 e. The molecule has 4 aliphatic rings. The predicted molar refractivity (Wildman–Crippen MR) is 148 cm³/mol. The summed E-state index contributed by atoms with van der Waals surface area (Å²) in [6.07, 6.45) is 16.2. The topological polar surface area (TPSA) is 20.2 Å². The summed E-state index contributed by atoms with van der Waals surface area (Å²) in [5.41, 5.74) is 2.44. The minimum absolute atomic E-state index is 0.110. The predicted octanol–water partition coefficient (Wildman–Crippen LogP) is 8.94. The third-order valence-electron chi connectivity index (χ3n) is 12.4. The van der Waals surface area contributed by atoms with Crippen molar-refractivity contribution in [2.24, 2.45) is 58.2 Å². The van der Waals surface area contributed by atoms with Crippen molar-refractivity contribution in [3.63, 3.8) is 0 Å². The molecule has 4 aliphatic carbocycles. The summed E-state index contributed by atoms with van der Waals surface area (Å²) >= 11 is 0. The Bertz CT molecular complexity index is 830. The first-order valence-electron chi connectivity index (χ1n) is 15.5. The van der Waals surface area contributed by atoms with Gasteiger partial charge in [-0.2, -0.15) is 0 Å². The third kappa shape index (κ3) is 4.66. The van der Waals surface area contributed by atoms with Gasteiger partial charge in [0.15, 0.2) is 0 Å². The SMILES string of the molecule is CC(C)CCC[C@@H](C)[C@H]1CC[C@H]2[C@@H]3CCC4[C@H](Cc5ccccc5)[C@H](O)CC[C@]4(C)[C@H]3CC[C@]12C. The Hall–Kier alpha value is -0.820. The van der Waals surface area contributed by atoms with Crippen molar-refractivity contribution in [2.45, 2.75) is 118 Å². The van der Waals surface area contributed by atoms with Crippen LogP contribution in [0.25, 0.3) is 0 Å². The van der Waals surface area contributed by atoms with E-state index in [1.807, 2.05) is 0 Å². The van der Waals surface area contributed by atoms with Crippen LogP contribution >= 0.6 is 0 Å². The van der Waals surface area contributed by atoms with Crippen LogP contribution in [0.4, 0.5) is 0 Å². The molecule has 0 aromatic heterocycles. The van der Waals surface area contributed by atoms with Crippen LogP contribution in [-0.2, 0) is 6.42 Å². The Morgan fingerprint density at radius 1 is 0.800 bits per heavy atom. The lowest BCUT2D eigenvalue weighted by Gasteiger charge is -2.63. The highest BCUT2D eigenvalue weighted by molar-refractivity contribution is 5.18. The maximum Gasteiger partial charge on any atom is 0.0574 e. The van der Waals surface area contributed by atoms with Gasteiger partial charge in [-0.15, -0.1) is 0 Å². The van der Waals surface area contributed by atoms with Crippen LogP contribution in [0.3, 0.4) is 0 Å². The molecule has 5 rings (SSSR count). The first-order valence-corrected chi connectivity index (χ1v) is 15.5. The number of rotatable bonds is 7. The summed E-state index contributed by atoms with van der Waals surface area (Å²) < 4.78 is 0. The van der Waals surface area contributed by atoms with E-state index < -0.39 is 0 Å². The monoisotopic (exact) mass is 478 g/mol. The van der Waals surface area contributed by atoms with E-state index in [4.69, 9.17) is 0 Å². The molecule has 0 radical (unpaired) electrons. The molecule has 10 atom stereocenters. The highest BCUT2D eigenvalue weighted by Crippen LogP contribution is 2.69. The molecule has 4 fully saturated rings. The Morgan fingerprint density at radius 2 is 1.49 bits per heavy atom. The summed E-state index contributed by atoms with van der Waals surface area (Å²) in [6.45, 7) is 12.7. The average molecular weight is 479 g/mol. The number of benzene rings is 1. The van der Waals surface area contributed by atoms with Gasteiger partial charge in [0.25, 0.3) is 0 Å². The van der Waals surface area contributed by atoms with E-state index in [-0.39, 0.29) is 6.10 Å². The number of aliphatic hydroxyl groups is 1. The Morgan fingerprint density at radius 3 is 2.23 bits per heavy atom. The van der Waals surface area contributed by atoms with E-state index in [0.29, 0.717) is 22.7 Å². The highest BCUT2D eigenvalue weighted by Gasteiger charge is 2.61. The van der Waals surface area contributed by atoms with Crippen LogP contribution in [0.1, 0.15) is 111 Å². The molecule has 35 heavy (non-hydrogen) atoms. The van der Waals surface area contributed by atoms with Gasteiger partial charge in [-0.25, -0.2) is 0 Å². The van der Waals surface area contributed by atoms with Gasteiger partial charge in [0.2, 0.25) is 0 Å². The summed E-state index contributed by atoms with van der Waals surface area (Å²) in [5.74, 6) is 6.62. The molecule has 1 aromatic carbocycles. The molecular weight excluding hydrogens is 424 g/mol. The summed E-state index contributed by atoms with van der Waals surface area (Å²) in [7, 11) is 0. The van der Waals surface area contributed by atoms with Gasteiger partial charge in [-0.05, 0) is 122 Å². The Balaban J connectivity index is 1.31. The zero-order chi connectivity index (χ0) is 24.8. The van der Waals surface area contributed by atoms with E-state index >= 15 is 0 Å². The van der Waals surface area contributed by atoms with Gasteiger partial charge in [-0.3, -0.25) is 0 Å². The first kappa shape index (κ1) is 25.8. The molecule has 0 aliphatic heterocycles. The molecule has 4 saturated carbocycles. The molecule has 0 heterocycles. The van der Waals surface area contributed by atoms with Crippen molar-refractivity contribution in [2.75, 3.05) is 0 Å². The van der Waals surface area contributed by atoms with Gasteiger partial charge >= 0.3 is 0 Å². The molecule has 1 aromatic rings. The largest absolute Gasteiger partial charge is 0.393 e. The quantitative estimate of drug-likeness (QED) is 0.414. The molecule has 1 nitrogen and oxygen atoms in total. The van der Waals surface area contributed by atoms with Crippen LogP contribution in [0.2, 0.25) is 0 Å². The lowest BCUT2D eigenvalue weighted by molar-refractivity contribution is -0.152. The van der Waals surface area contributed by atoms with Crippen molar-refractivity contribution >= 4 is 0 Å². The number of fused-ring (bicyclic) bond motifs is 5. The fourth-order valence-corrected chi connectivity index (χ4v) is 10.7. The fraction of sp³-hybridized carbons (Fsp3) is 0.824. The summed E-state index contributed by atoms with van der Waals surface area (Å²) in [4.78, 5) is 0. The molecule has 1 unspecified atom stereocenters. The van der Waals surface area contributed by atoms with Gasteiger partial charge < -0.3 is 5.11 Å². The molecular formula is C34H54O. The van der Waals surface area contributed by atoms with Gasteiger partial charge in [0.1, 0.15) is 0 Å². The second-order valence-corrected chi connectivity index (χ2v) is 14.6. The average Bonchev–Trinajstić information content (AvgIpc) is 3.19. The zero-order valence-corrected chi connectivity index (χ0v) is 23.5. The van der Waals surface area contributed by atoms with Gasteiger partial charge in [-0.1, -0.05) is 84.2 Å². The van der Waals surface area contributed by atoms with Crippen LogP contribution < -0.4 is 0 Å². The van der Waals surface area contributed by atoms with E-state index in [2.05, 4.69) is 65.0 Å². The van der Waals surface area contributed by atoms with Crippen molar-refractivity contribution in [1.82, 2.24) is 0 Å². The van der Waals surface area contributed by atoms with Crippen molar-refractivity contribution in [3.05, 3.63) is 35.9 Å². The number of hydrogen-bond acceptors (Lipinski definition) is 1. The maximum atomic E-state index is 11.2. The third-order valence-corrected chi connectivity index (χ3v) is 12.4. The van der Waals surface area contributed by atoms with Crippen molar-refractivity contribution in [3.8, 4) is 0 Å². The lowest BCUT2D eigenvalue weighted by Crippen LogP contribution is -2.57. The first-order chi connectivity index (χ1) is 16.7. The fourth-order valence-electron chi connectivity index (χ4n) is 10.7. The normalized spacial score (nSPS) is 43.9. The molecule has 1 N–H and O–H groups in total. The number of aliphatic hydroxyl groups excluding tert-OH is 1. The summed E-state index contributed by atoms with van der Waals surface area (Å²) in [6, 6.07) is 11.0. The second kappa shape index (κ2) is 10.2. The van der Waals surface area contributed by atoms with Crippen LogP contribution in [0.5, 0.6) is 0 Å². The van der Waals surface area contributed by atoms with E-state index in [9.17, 15) is 5.11 Å². The van der Waals surface area contributed by atoms with E-state index in [1.165, 1.54) is 69.8 Å². The molecule has 1 heteroatoms. The molecule has 0 saturated heterocycles. The lowest BCUT2D eigenvalue weighted by atomic mass is 9.42. The smallest absolute Gasteiger partial charge is 0.0574 e. The van der Waals surface area contributed by atoms with Crippen LogP contribution in [-0.4, -0.2) is 11.2 Å². The van der Waals surface area contributed by atoms with Crippen molar-refractivity contribution < 1.29 is 5.11 Å². The molecule has 0 spiro atoms. The van der Waals surface area contributed by atoms with Crippen molar-refractivity contribution in [1.29, 1.82) is 0 Å². The summed E-state index contributed by atoms with van der Waals surface area (Å²) in [5, 5.41) is 11.2. The second-order valence-electron chi connectivity index (χ2n) is 14.6. The standard InChI is InChI=1S/C34H54O/c1-23(2)10-9-11-24(3)28-16-17-29-26-14-15-30-27(22-25-12-7-6-8-13-25)32(35)19-21-34(30,5)31(26)18-20-33(28,29)4/h6-8,12-13,23-24,26-32,35H,9-11,14-22H2,1-5H3/t24-,26+,27+,28-,29+,30?,31+,32-,33-,34+/m1/s1. The maximum absolute atomic E-state index is 11.2. The highest BCUT2D eigenvalue weighted by atomic mass is 16.3. The molecule has 0 bridgehead atoms. The van der Waals surface area contributed by atoms with Crippen LogP contribution in [0.15, 0.2) is 30.3 Å². The van der Waals surface area contributed by atoms with Crippen LogP contribution in [0, 0.1) is 58.2 Å². The van der Waals surface area contributed by atoms with E-state index in [0.717, 1.165) is 48.3 Å².